The Morgan fingerprint density at radius 2 is 2.15 bits per heavy atom. The molecule has 0 unspecified atom stereocenters. The van der Waals surface area contributed by atoms with Gasteiger partial charge in [-0.05, 0) is 55.5 Å². The minimum absolute atomic E-state index is 0.124. The van der Waals surface area contributed by atoms with Crippen LogP contribution in [0.2, 0.25) is 0 Å². The quantitative estimate of drug-likeness (QED) is 0.684. The van der Waals surface area contributed by atoms with E-state index in [-0.39, 0.29) is 5.91 Å². The van der Waals surface area contributed by atoms with Gasteiger partial charge in [0, 0.05) is 18.7 Å². The number of anilines is 1. The molecule has 136 valence electrons. The number of nitrogens with zero attached hydrogens (tertiary/aromatic N) is 3. The molecule has 2 heterocycles. The highest BCUT2D eigenvalue weighted by Crippen LogP contribution is 2.28. The van der Waals surface area contributed by atoms with Gasteiger partial charge in [0.1, 0.15) is 5.82 Å². The molecule has 5 nitrogen and oxygen atoms in total. The average molecular weight is 376 g/mol. The number of thiazole rings is 1. The fourth-order valence-electron chi connectivity index (χ4n) is 3.45. The second kappa shape index (κ2) is 7.32. The lowest BCUT2D eigenvalue weighted by molar-refractivity contribution is 0.102. The van der Waals surface area contributed by atoms with Crippen LogP contribution in [0.3, 0.4) is 0 Å². The van der Waals surface area contributed by atoms with Gasteiger partial charge in [-0.15, -0.1) is 0 Å². The maximum absolute atomic E-state index is 13.0. The highest BCUT2D eigenvalue weighted by molar-refractivity contribution is 7.22. The Hall–Kier alpha value is -2.99. The summed E-state index contributed by atoms with van der Waals surface area (Å²) in [6.07, 6.45) is 2.83. The van der Waals surface area contributed by atoms with E-state index >= 15 is 0 Å². The summed E-state index contributed by atoms with van der Waals surface area (Å²) in [5.41, 5.74) is 3.85. The summed E-state index contributed by atoms with van der Waals surface area (Å²) in [6.45, 7) is 7.12. The Morgan fingerprint density at radius 1 is 1.30 bits per heavy atom. The van der Waals surface area contributed by atoms with E-state index in [0.717, 1.165) is 34.6 Å². The number of carbonyl (C=O) groups excluding carboxylic acids is 1. The third kappa shape index (κ3) is 3.36. The van der Waals surface area contributed by atoms with Gasteiger partial charge in [0.15, 0.2) is 5.13 Å². The number of allylic oxidation sites excluding steroid dienone is 1. The van der Waals surface area contributed by atoms with E-state index in [1.165, 1.54) is 16.9 Å². The number of hydrogen-bond acceptors (Lipinski definition) is 5. The SMILES string of the molecule is C=N/C(=C\C)N1CCc2cccc(C(=O)Nc3nc4ccccc4s3)c2C1. The van der Waals surface area contributed by atoms with Crippen molar-refractivity contribution in [1.82, 2.24) is 9.88 Å². The number of nitrogens with one attached hydrogen (secondary N) is 1. The first-order chi connectivity index (χ1) is 13.2. The number of aromatic nitrogens is 1. The number of fused-ring (bicyclic) bond motifs is 2. The summed E-state index contributed by atoms with van der Waals surface area (Å²) in [7, 11) is 0. The molecule has 0 bridgehead atoms. The molecule has 0 atom stereocenters. The van der Waals surface area contributed by atoms with Crippen LogP contribution in [0.25, 0.3) is 10.2 Å². The van der Waals surface area contributed by atoms with Crippen LogP contribution in [0, 0.1) is 0 Å². The Morgan fingerprint density at radius 3 is 2.93 bits per heavy atom. The van der Waals surface area contributed by atoms with Gasteiger partial charge in [-0.1, -0.05) is 35.6 Å². The maximum atomic E-state index is 13.0. The fraction of sp³-hybridized carbons (Fsp3) is 0.190. The van der Waals surface area contributed by atoms with Crippen LogP contribution in [0.4, 0.5) is 5.13 Å². The monoisotopic (exact) mass is 376 g/mol. The lowest BCUT2D eigenvalue weighted by atomic mass is 9.94. The van der Waals surface area contributed by atoms with Crippen molar-refractivity contribution in [3.05, 3.63) is 71.1 Å². The number of rotatable bonds is 4. The molecule has 3 aromatic rings. The fourth-order valence-corrected chi connectivity index (χ4v) is 4.31. The van der Waals surface area contributed by atoms with Crippen LogP contribution in [-0.4, -0.2) is 29.1 Å². The van der Waals surface area contributed by atoms with Gasteiger partial charge in [0.2, 0.25) is 0 Å². The molecule has 1 amide bonds. The van der Waals surface area contributed by atoms with Crippen molar-refractivity contribution in [3.8, 4) is 0 Å². The van der Waals surface area contributed by atoms with Gasteiger partial charge in [-0.25, -0.2) is 9.98 Å². The molecule has 1 aromatic heterocycles. The summed E-state index contributed by atoms with van der Waals surface area (Å²) in [6, 6.07) is 13.8. The molecule has 0 aliphatic carbocycles. The second-order valence-corrected chi connectivity index (χ2v) is 7.39. The summed E-state index contributed by atoms with van der Waals surface area (Å²) < 4.78 is 1.06. The smallest absolute Gasteiger partial charge is 0.257 e. The van der Waals surface area contributed by atoms with E-state index in [2.05, 4.69) is 33.0 Å². The summed E-state index contributed by atoms with van der Waals surface area (Å²) in [5.74, 6) is 0.725. The average Bonchev–Trinajstić information content (AvgIpc) is 3.10. The Balaban J connectivity index is 1.62. The van der Waals surface area contributed by atoms with Crippen LogP contribution in [0.15, 0.2) is 59.4 Å². The number of hydrogen-bond donors (Lipinski definition) is 1. The zero-order valence-corrected chi connectivity index (χ0v) is 15.9. The first kappa shape index (κ1) is 17.4. The molecule has 27 heavy (non-hydrogen) atoms. The minimum atomic E-state index is -0.124. The van der Waals surface area contributed by atoms with Crippen molar-refractivity contribution in [2.24, 2.45) is 4.99 Å². The normalized spacial score (nSPS) is 14.1. The minimum Gasteiger partial charge on any atom is -0.352 e. The summed E-state index contributed by atoms with van der Waals surface area (Å²) >= 11 is 1.48. The highest BCUT2D eigenvalue weighted by Gasteiger charge is 2.23. The van der Waals surface area contributed by atoms with Crippen molar-refractivity contribution < 1.29 is 4.79 Å². The maximum Gasteiger partial charge on any atom is 0.257 e. The van der Waals surface area contributed by atoms with E-state index in [9.17, 15) is 4.79 Å². The molecule has 6 heteroatoms. The predicted molar refractivity (Wildman–Crippen MR) is 111 cm³/mol. The van der Waals surface area contributed by atoms with E-state index in [0.29, 0.717) is 17.2 Å². The molecule has 1 aliphatic heterocycles. The molecule has 2 aromatic carbocycles. The largest absolute Gasteiger partial charge is 0.352 e. The third-order valence-electron chi connectivity index (χ3n) is 4.78. The summed E-state index contributed by atoms with van der Waals surface area (Å²) in [4.78, 5) is 23.7. The van der Waals surface area contributed by atoms with Gasteiger partial charge in [-0.3, -0.25) is 10.1 Å². The van der Waals surface area contributed by atoms with Crippen LogP contribution in [0.1, 0.15) is 28.4 Å². The van der Waals surface area contributed by atoms with Crippen LogP contribution < -0.4 is 5.32 Å². The van der Waals surface area contributed by atoms with Gasteiger partial charge < -0.3 is 4.90 Å². The summed E-state index contributed by atoms with van der Waals surface area (Å²) in [5, 5.41) is 3.59. The zero-order chi connectivity index (χ0) is 18.8. The number of carbonyl (C=O) groups is 1. The lowest BCUT2D eigenvalue weighted by Crippen LogP contribution is -2.31. The third-order valence-corrected chi connectivity index (χ3v) is 5.73. The first-order valence-corrected chi connectivity index (χ1v) is 9.67. The molecule has 0 saturated heterocycles. The predicted octanol–water partition coefficient (Wildman–Crippen LogP) is 4.47. The Kier molecular flexibility index (Phi) is 4.73. The van der Waals surface area contributed by atoms with E-state index in [1.807, 2.05) is 49.4 Å². The standard InChI is InChI=1S/C21H20N4OS/c1-3-19(22-2)25-12-11-14-7-6-8-15(16(14)13-25)20(26)24-21-23-17-9-4-5-10-18(17)27-21/h3-10H,2,11-13H2,1H3,(H,23,24,26)/b19-3+. The molecule has 1 N–H and O–H groups in total. The number of benzene rings is 2. The molecule has 0 saturated carbocycles. The molecule has 0 radical (unpaired) electrons. The van der Waals surface area contributed by atoms with Crippen molar-refractivity contribution >= 4 is 39.3 Å². The number of aliphatic imine (C=N–C) groups is 1. The topological polar surface area (TPSA) is 57.6 Å². The highest BCUT2D eigenvalue weighted by atomic mass is 32.1. The van der Waals surface area contributed by atoms with Crippen molar-refractivity contribution in [2.75, 3.05) is 11.9 Å². The van der Waals surface area contributed by atoms with E-state index < -0.39 is 0 Å². The van der Waals surface area contributed by atoms with Crippen molar-refractivity contribution in [3.63, 3.8) is 0 Å². The number of para-hydroxylation sites is 1. The number of amides is 1. The Bertz CT molecular complexity index is 1020. The molecular formula is C21H20N4OS. The second-order valence-electron chi connectivity index (χ2n) is 6.36. The molecule has 0 spiro atoms. The van der Waals surface area contributed by atoms with Crippen LogP contribution in [-0.2, 0) is 13.0 Å². The van der Waals surface area contributed by atoms with Gasteiger partial charge in [-0.2, -0.15) is 0 Å². The van der Waals surface area contributed by atoms with Gasteiger partial charge in [0.25, 0.3) is 5.91 Å². The van der Waals surface area contributed by atoms with Crippen molar-refractivity contribution in [2.45, 2.75) is 19.9 Å². The van der Waals surface area contributed by atoms with Gasteiger partial charge >= 0.3 is 0 Å². The first-order valence-electron chi connectivity index (χ1n) is 8.85. The van der Waals surface area contributed by atoms with Crippen LogP contribution in [0.5, 0.6) is 0 Å². The molecule has 0 fully saturated rings. The van der Waals surface area contributed by atoms with E-state index in [4.69, 9.17) is 0 Å². The van der Waals surface area contributed by atoms with E-state index in [1.54, 1.807) is 0 Å². The van der Waals surface area contributed by atoms with Crippen LogP contribution >= 0.6 is 11.3 Å². The zero-order valence-electron chi connectivity index (χ0n) is 15.1. The lowest BCUT2D eigenvalue weighted by Gasteiger charge is -2.31. The Labute approximate surface area is 162 Å². The van der Waals surface area contributed by atoms with Crippen molar-refractivity contribution in [1.29, 1.82) is 0 Å². The molecule has 4 rings (SSSR count). The molecule has 1 aliphatic rings. The van der Waals surface area contributed by atoms with Gasteiger partial charge in [0.05, 0.1) is 10.2 Å². The molecular weight excluding hydrogens is 356 g/mol.